The molecule has 5 heteroatoms. The van der Waals surface area contributed by atoms with E-state index in [1.54, 1.807) is 13.8 Å². The predicted octanol–water partition coefficient (Wildman–Crippen LogP) is 2.85. The van der Waals surface area contributed by atoms with Crippen LogP contribution in [0, 0.1) is 0 Å². The van der Waals surface area contributed by atoms with E-state index in [1.807, 2.05) is 24.3 Å². The molecule has 2 N–H and O–H groups in total. The fourth-order valence-electron chi connectivity index (χ4n) is 3.83. The Labute approximate surface area is 156 Å². The number of rotatable bonds is 5. The zero-order chi connectivity index (χ0) is 18.6. The third kappa shape index (κ3) is 5.29. The average Bonchev–Trinajstić information content (AvgIpc) is 2.60. The highest BCUT2D eigenvalue weighted by Crippen LogP contribution is 2.34. The van der Waals surface area contributed by atoms with Crippen molar-refractivity contribution in [1.82, 2.24) is 5.32 Å². The highest BCUT2D eigenvalue weighted by molar-refractivity contribution is 5.94. The molecule has 1 spiro atoms. The second-order valence-corrected chi connectivity index (χ2v) is 8.32. The normalized spacial score (nSPS) is 23.0. The van der Waals surface area contributed by atoms with Gasteiger partial charge in [-0.2, -0.15) is 0 Å². The summed E-state index contributed by atoms with van der Waals surface area (Å²) in [5.74, 6) is -0.0239. The fraction of sp³-hybridized carbons (Fsp3) is 0.667. The minimum absolute atomic E-state index is 0.0239. The summed E-state index contributed by atoms with van der Waals surface area (Å²) >= 11 is 0. The standard InChI is InChI=1S/C21H31NO4/c1-20(2,24)8-6-16-4-3-5-17(14-16)19(23)22-18-7-11-26-21(15-18)9-12-25-13-10-21/h3-5,14,18,24H,6-13,15H2,1-2H3,(H,22,23)/t18-/m0/s1. The highest BCUT2D eigenvalue weighted by Gasteiger charge is 2.39. The van der Waals surface area contributed by atoms with Crippen molar-refractivity contribution in [3.8, 4) is 0 Å². The third-order valence-electron chi connectivity index (χ3n) is 5.45. The smallest absolute Gasteiger partial charge is 0.251 e. The molecule has 0 aromatic heterocycles. The van der Waals surface area contributed by atoms with Gasteiger partial charge >= 0.3 is 0 Å². The SMILES string of the molecule is CC(C)(O)CCc1cccc(C(=O)N[C@H]2CCOC3(CCOCC3)C2)c1. The molecular formula is C21H31NO4. The van der Waals surface area contributed by atoms with Crippen LogP contribution in [0.3, 0.4) is 0 Å². The molecule has 26 heavy (non-hydrogen) atoms. The van der Waals surface area contributed by atoms with Gasteiger partial charge in [0.05, 0.1) is 11.2 Å². The van der Waals surface area contributed by atoms with Crippen LogP contribution in [0.25, 0.3) is 0 Å². The number of carbonyl (C=O) groups excluding carboxylic acids is 1. The van der Waals surface area contributed by atoms with Crippen molar-refractivity contribution in [2.75, 3.05) is 19.8 Å². The maximum atomic E-state index is 12.7. The first-order valence-corrected chi connectivity index (χ1v) is 9.69. The summed E-state index contributed by atoms with van der Waals surface area (Å²) in [5.41, 5.74) is 0.944. The Kier molecular flexibility index (Phi) is 6.00. The first-order chi connectivity index (χ1) is 12.4. The van der Waals surface area contributed by atoms with Gasteiger partial charge in [0, 0.05) is 31.4 Å². The van der Waals surface area contributed by atoms with E-state index in [0.29, 0.717) is 18.6 Å². The summed E-state index contributed by atoms with van der Waals surface area (Å²) in [5, 5.41) is 13.1. The molecule has 2 heterocycles. The highest BCUT2D eigenvalue weighted by atomic mass is 16.5. The topological polar surface area (TPSA) is 67.8 Å². The van der Waals surface area contributed by atoms with Gasteiger partial charge in [-0.15, -0.1) is 0 Å². The molecule has 1 aromatic rings. The minimum Gasteiger partial charge on any atom is -0.390 e. The first kappa shape index (κ1) is 19.3. The van der Waals surface area contributed by atoms with Crippen molar-refractivity contribution in [2.24, 2.45) is 0 Å². The van der Waals surface area contributed by atoms with Gasteiger partial charge in [0.1, 0.15) is 0 Å². The second kappa shape index (κ2) is 8.07. The molecule has 1 aromatic carbocycles. The van der Waals surface area contributed by atoms with Crippen LogP contribution in [-0.2, 0) is 15.9 Å². The number of aryl methyl sites for hydroxylation is 1. The van der Waals surface area contributed by atoms with Crippen LogP contribution >= 0.6 is 0 Å². The molecule has 144 valence electrons. The van der Waals surface area contributed by atoms with Gasteiger partial charge in [0.2, 0.25) is 0 Å². The largest absolute Gasteiger partial charge is 0.390 e. The summed E-state index contributed by atoms with van der Waals surface area (Å²) in [6.45, 7) is 5.78. The van der Waals surface area contributed by atoms with Crippen LogP contribution in [0.5, 0.6) is 0 Å². The molecule has 2 saturated heterocycles. The number of carbonyl (C=O) groups is 1. The predicted molar refractivity (Wildman–Crippen MR) is 100 cm³/mol. The van der Waals surface area contributed by atoms with Gasteiger partial charge < -0.3 is 19.9 Å². The Morgan fingerprint density at radius 1 is 1.31 bits per heavy atom. The van der Waals surface area contributed by atoms with Crippen LogP contribution in [0.1, 0.15) is 61.9 Å². The molecule has 2 fully saturated rings. The van der Waals surface area contributed by atoms with E-state index in [1.165, 1.54) is 0 Å². The number of hydrogen-bond donors (Lipinski definition) is 2. The molecule has 1 atom stereocenters. The van der Waals surface area contributed by atoms with Crippen molar-refractivity contribution in [3.05, 3.63) is 35.4 Å². The average molecular weight is 361 g/mol. The lowest BCUT2D eigenvalue weighted by molar-refractivity contribution is -0.139. The molecule has 2 aliphatic rings. The Morgan fingerprint density at radius 2 is 2.08 bits per heavy atom. The molecule has 1 amide bonds. The van der Waals surface area contributed by atoms with E-state index in [0.717, 1.165) is 50.9 Å². The Hall–Kier alpha value is -1.43. The van der Waals surface area contributed by atoms with Crippen molar-refractivity contribution in [2.45, 2.75) is 69.6 Å². The summed E-state index contributed by atoms with van der Waals surface area (Å²) in [6.07, 6.45) is 4.96. The van der Waals surface area contributed by atoms with E-state index >= 15 is 0 Å². The van der Waals surface area contributed by atoms with Crippen molar-refractivity contribution < 1.29 is 19.4 Å². The molecule has 2 aliphatic heterocycles. The maximum Gasteiger partial charge on any atom is 0.251 e. The Morgan fingerprint density at radius 3 is 2.81 bits per heavy atom. The van der Waals surface area contributed by atoms with Crippen molar-refractivity contribution in [3.63, 3.8) is 0 Å². The van der Waals surface area contributed by atoms with E-state index in [2.05, 4.69) is 5.32 Å². The van der Waals surface area contributed by atoms with Gasteiger partial charge in [-0.3, -0.25) is 4.79 Å². The molecule has 0 unspecified atom stereocenters. The van der Waals surface area contributed by atoms with Gasteiger partial charge in [0.25, 0.3) is 5.91 Å². The van der Waals surface area contributed by atoms with Gasteiger partial charge in [-0.05, 0) is 70.1 Å². The maximum absolute atomic E-state index is 12.7. The molecule has 5 nitrogen and oxygen atoms in total. The second-order valence-electron chi connectivity index (χ2n) is 8.32. The van der Waals surface area contributed by atoms with Gasteiger partial charge in [-0.1, -0.05) is 12.1 Å². The van der Waals surface area contributed by atoms with E-state index in [9.17, 15) is 9.90 Å². The number of amides is 1. The minimum atomic E-state index is -0.696. The molecule has 0 radical (unpaired) electrons. The lowest BCUT2D eigenvalue weighted by Gasteiger charge is -2.43. The molecule has 0 saturated carbocycles. The van der Waals surface area contributed by atoms with Crippen LogP contribution in [0.4, 0.5) is 0 Å². The number of nitrogens with one attached hydrogen (secondary N) is 1. The number of aliphatic hydroxyl groups is 1. The quantitative estimate of drug-likeness (QED) is 0.846. The molecule has 3 rings (SSSR count). The molecule has 0 bridgehead atoms. The van der Waals surface area contributed by atoms with Gasteiger partial charge in [-0.25, -0.2) is 0 Å². The van der Waals surface area contributed by atoms with Crippen LogP contribution in [0.15, 0.2) is 24.3 Å². The lowest BCUT2D eigenvalue weighted by Crippen LogP contribution is -2.51. The van der Waals surface area contributed by atoms with Crippen LogP contribution < -0.4 is 5.32 Å². The van der Waals surface area contributed by atoms with E-state index < -0.39 is 5.60 Å². The van der Waals surface area contributed by atoms with E-state index in [-0.39, 0.29) is 17.6 Å². The fourth-order valence-corrected chi connectivity index (χ4v) is 3.83. The third-order valence-corrected chi connectivity index (χ3v) is 5.45. The van der Waals surface area contributed by atoms with Crippen LogP contribution in [-0.4, -0.2) is 48.1 Å². The Bertz CT molecular complexity index is 611. The summed E-state index contributed by atoms with van der Waals surface area (Å²) in [4.78, 5) is 12.7. The number of benzene rings is 1. The summed E-state index contributed by atoms with van der Waals surface area (Å²) in [7, 11) is 0. The van der Waals surface area contributed by atoms with Crippen molar-refractivity contribution >= 4 is 5.91 Å². The number of ether oxygens (including phenoxy) is 2. The zero-order valence-electron chi connectivity index (χ0n) is 15.9. The lowest BCUT2D eigenvalue weighted by atomic mass is 9.84. The van der Waals surface area contributed by atoms with Gasteiger partial charge in [0.15, 0.2) is 0 Å². The Balaban J connectivity index is 1.59. The number of hydrogen-bond acceptors (Lipinski definition) is 4. The summed E-state index contributed by atoms with van der Waals surface area (Å²) in [6, 6.07) is 7.86. The first-order valence-electron chi connectivity index (χ1n) is 9.69. The van der Waals surface area contributed by atoms with E-state index in [4.69, 9.17) is 9.47 Å². The van der Waals surface area contributed by atoms with Crippen LogP contribution in [0.2, 0.25) is 0 Å². The summed E-state index contributed by atoms with van der Waals surface area (Å²) < 4.78 is 11.5. The zero-order valence-corrected chi connectivity index (χ0v) is 15.9. The van der Waals surface area contributed by atoms with Crippen molar-refractivity contribution in [1.29, 1.82) is 0 Å². The monoisotopic (exact) mass is 361 g/mol. The molecular weight excluding hydrogens is 330 g/mol. The molecule has 0 aliphatic carbocycles.